The zero-order valence-electron chi connectivity index (χ0n) is 8.50. The monoisotopic (exact) mass is 204 g/mol. The molecule has 0 fully saturated rings. The number of imidazole rings is 1. The summed E-state index contributed by atoms with van der Waals surface area (Å²) in [6, 6.07) is 0. The third-order valence-corrected chi connectivity index (χ3v) is 2.53. The molecule has 1 aliphatic rings. The molecule has 5 heteroatoms. The van der Waals surface area contributed by atoms with E-state index in [1.807, 2.05) is 6.92 Å². The van der Waals surface area contributed by atoms with Gasteiger partial charge in [0.1, 0.15) is 6.26 Å². The van der Waals surface area contributed by atoms with Gasteiger partial charge in [-0.05, 0) is 6.92 Å². The fourth-order valence-corrected chi connectivity index (χ4v) is 1.78. The number of nitrogens with zero attached hydrogens (tertiary/aromatic N) is 2. The summed E-state index contributed by atoms with van der Waals surface area (Å²) in [4.78, 5) is 12.0. The van der Waals surface area contributed by atoms with E-state index in [1.54, 1.807) is 6.26 Å². The lowest BCUT2D eigenvalue weighted by Gasteiger charge is -2.09. The first-order chi connectivity index (χ1) is 7.33. The van der Waals surface area contributed by atoms with Crippen LogP contribution in [0, 0.1) is 6.92 Å². The number of aromatic nitrogens is 3. The highest BCUT2D eigenvalue weighted by Crippen LogP contribution is 2.19. The molecule has 2 aromatic heterocycles. The van der Waals surface area contributed by atoms with Crippen molar-refractivity contribution >= 4 is 0 Å². The Kier molecular flexibility index (Phi) is 1.85. The number of fused-ring (bicyclic) bond motifs is 1. The van der Waals surface area contributed by atoms with Crippen molar-refractivity contribution in [2.24, 2.45) is 0 Å². The van der Waals surface area contributed by atoms with Gasteiger partial charge < -0.3 is 14.7 Å². The summed E-state index contributed by atoms with van der Waals surface area (Å²) in [6.45, 7) is 3.74. The molecule has 0 radical (unpaired) electrons. The number of rotatable bonds is 1. The fraction of sp³-hybridized carbons (Fsp3) is 0.400. The van der Waals surface area contributed by atoms with Crippen molar-refractivity contribution in [2.75, 3.05) is 6.54 Å². The number of hydrogen-bond acceptors (Lipinski definition) is 4. The minimum absolute atomic E-state index is 0.571. The molecule has 1 aliphatic heterocycles. The van der Waals surface area contributed by atoms with E-state index in [0.717, 1.165) is 42.4 Å². The van der Waals surface area contributed by atoms with Crippen LogP contribution in [0.15, 0.2) is 10.7 Å². The van der Waals surface area contributed by atoms with Crippen LogP contribution in [0.2, 0.25) is 0 Å². The van der Waals surface area contributed by atoms with Gasteiger partial charge in [0.15, 0.2) is 5.82 Å². The molecule has 15 heavy (non-hydrogen) atoms. The fourth-order valence-electron chi connectivity index (χ4n) is 1.78. The van der Waals surface area contributed by atoms with Gasteiger partial charge >= 0.3 is 0 Å². The van der Waals surface area contributed by atoms with Crippen LogP contribution in [0.1, 0.15) is 17.1 Å². The van der Waals surface area contributed by atoms with E-state index in [2.05, 4.69) is 20.3 Å². The molecule has 78 valence electrons. The third kappa shape index (κ3) is 1.45. The van der Waals surface area contributed by atoms with Gasteiger partial charge in [-0.2, -0.15) is 0 Å². The quantitative estimate of drug-likeness (QED) is 0.727. The molecule has 2 aromatic rings. The van der Waals surface area contributed by atoms with Gasteiger partial charge in [0.2, 0.25) is 0 Å². The second kappa shape index (κ2) is 3.20. The van der Waals surface area contributed by atoms with Crippen molar-refractivity contribution in [3.8, 4) is 11.7 Å². The maximum atomic E-state index is 5.30. The first-order valence-electron chi connectivity index (χ1n) is 5.04. The lowest BCUT2D eigenvalue weighted by Crippen LogP contribution is -2.23. The Morgan fingerprint density at radius 3 is 3.07 bits per heavy atom. The number of nitrogens with one attached hydrogen (secondary N) is 2. The number of aromatic amines is 1. The SMILES string of the molecule is Cc1coc(-c2nc3c([nH]2)CNCC3)n1. The van der Waals surface area contributed by atoms with Crippen molar-refractivity contribution in [1.82, 2.24) is 20.3 Å². The van der Waals surface area contributed by atoms with Gasteiger partial charge in [-0.25, -0.2) is 9.97 Å². The first-order valence-corrected chi connectivity index (χ1v) is 5.04. The predicted octanol–water partition coefficient (Wildman–Crippen LogP) is 1.02. The number of aryl methyl sites for hydroxylation is 1. The van der Waals surface area contributed by atoms with Crippen LogP contribution < -0.4 is 5.32 Å². The summed E-state index contributed by atoms with van der Waals surface area (Å²) in [7, 11) is 0. The smallest absolute Gasteiger partial charge is 0.263 e. The van der Waals surface area contributed by atoms with E-state index in [0.29, 0.717) is 5.89 Å². The first kappa shape index (κ1) is 8.67. The van der Waals surface area contributed by atoms with Crippen LogP contribution in [0.3, 0.4) is 0 Å². The van der Waals surface area contributed by atoms with Gasteiger partial charge in [-0.1, -0.05) is 0 Å². The van der Waals surface area contributed by atoms with Crippen molar-refractivity contribution in [2.45, 2.75) is 19.9 Å². The van der Waals surface area contributed by atoms with Crippen molar-refractivity contribution in [3.05, 3.63) is 23.3 Å². The number of H-pyrrole nitrogens is 1. The molecule has 0 atom stereocenters. The standard InChI is InChI=1S/C10H12N4O/c1-6-5-15-10(12-6)9-13-7-2-3-11-4-8(7)14-9/h5,11H,2-4H2,1H3,(H,13,14). The van der Waals surface area contributed by atoms with Gasteiger partial charge in [0, 0.05) is 19.5 Å². The Bertz CT molecular complexity index is 462. The molecule has 0 saturated heterocycles. The predicted molar refractivity (Wildman–Crippen MR) is 54.2 cm³/mol. The average molecular weight is 204 g/mol. The van der Waals surface area contributed by atoms with Crippen molar-refractivity contribution in [3.63, 3.8) is 0 Å². The lowest BCUT2D eigenvalue weighted by atomic mass is 10.2. The highest BCUT2D eigenvalue weighted by atomic mass is 16.3. The average Bonchev–Trinajstić information content (AvgIpc) is 2.82. The summed E-state index contributed by atoms with van der Waals surface area (Å²) in [5, 5.41) is 3.29. The van der Waals surface area contributed by atoms with E-state index in [-0.39, 0.29) is 0 Å². The van der Waals surface area contributed by atoms with Gasteiger partial charge in [0.05, 0.1) is 17.1 Å². The summed E-state index contributed by atoms with van der Waals surface area (Å²) in [6.07, 6.45) is 2.60. The molecule has 5 nitrogen and oxygen atoms in total. The molecule has 0 aliphatic carbocycles. The van der Waals surface area contributed by atoms with Gasteiger partial charge in [0.25, 0.3) is 5.89 Å². The minimum Gasteiger partial charge on any atom is -0.442 e. The third-order valence-electron chi connectivity index (χ3n) is 2.53. The number of hydrogen-bond donors (Lipinski definition) is 2. The van der Waals surface area contributed by atoms with E-state index < -0.39 is 0 Å². The van der Waals surface area contributed by atoms with Crippen molar-refractivity contribution < 1.29 is 4.42 Å². The van der Waals surface area contributed by atoms with Crippen LogP contribution in [-0.4, -0.2) is 21.5 Å². The Morgan fingerprint density at radius 1 is 1.40 bits per heavy atom. The molecule has 0 amide bonds. The van der Waals surface area contributed by atoms with E-state index in [4.69, 9.17) is 4.42 Å². The largest absolute Gasteiger partial charge is 0.442 e. The lowest BCUT2D eigenvalue weighted by molar-refractivity contribution is 0.568. The Labute approximate surface area is 86.9 Å². The van der Waals surface area contributed by atoms with Crippen LogP contribution >= 0.6 is 0 Å². The normalized spacial score (nSPS) is 15.3. The van der Waals surface area contributed by atoms with Crippen LogP contribution in [0.25, 0.3) is 11.7 Å². The summed E-state index contributed by atoms with van der Waals surface area (Å²) >= 11 is 0. The Balaban J connectivity index is 2.02. The molecular weight excluding hydrogens is 192 g/mol. The van der Waals surface area contributed by atoms with Crippen molar-refractivity contribution in [1.29, 1.82) is 0 Å². The van der Waals surface area contributed by atoms with Crippen LogP contribution in [0.4, 0.5) is 0 Å². The maximum Gasteiger partial charge on any atom is 0.263 e. The summed E-state index contributed by atoms with van der Waals surface area (Å²) in [5.41, 5.74) is 3.14. The topological polar surface area (TPSA) is 66.7 Å². The van der Waals surface area contributed by atoms with Gasteiger partial charge in [-0.15, -0.1) is 0 Å². The molecule has 0 spiro atoms. The number of oxazole rings is 1. The summed E-state index contributed by atoms with van der Waals surface area (Å²) < 4.78 is 5.30. The zero-order valence-corrected chi connectivity index (χ0v) is 8.50. The minimum atomic E-state index is 0.571. The van der Waals surface area contributed by atoms with E-state index in [1.165, 1.54) is 0 Å². The van der Waals surface area contributed by atoms with E-state index in [9.17, 15) is 0 Å². The zero-order chi connectivity index (χ0) is 10.3. The maximum absolute atomic E-state index is 5.30. The molecule has 3 rings (SSSR count). The van der Waals surface area contributed by atoms with Gasteiger partial charge in [-0.3, -0.25) is 0 Å². The second-order valence-corrected chi connectivity index (χ2v) is 3.73. The van der Waals surface area contributed by atoms with Crippen LogP contribution in [0.5, 0.6) is 0 Å². The molecule has 2 N–H and O–H groups in total. The van der Waals surface area contributed by atoms with E-state index >= 15 is 0 Å². The molecule has 0 aromatic carbocycles. The molecule has 0 saturated carbocycles. The Hall–Kier alpha value is -1.62. The highest BCUT2D eigenvalue weighted by molar-refractivity contribution is 5.43. The molecule has 0 bridgehead atoms. The Morgan fingerprint density at radius 2 is 2.33 bits per heavy atom. The molecule has 3 heterocycles. The highest BCUT2D eigenvalue weighted by Gasteiger charge is 2.16. The summed E-state index contributed by atoms with van der Waals surface area (Å²) in [5.74, 6) is 1.30. The second-order valence-electron chi connectivity index (χ2n) is 3.73. The molecule has 0 unspecified atom stereocenters. The van der Waals surface area contributed by atoms with Crippen LogP contribution in [-0.2, 0) is 13.0 Å². The molecular formula is C10H12N4O.